The van der Waals surface area contributed by atoms with Crippen molar-refractivity contribution in [3.05, 3.63) is 70.3 Å². The molecule has 2 aromatic carbocycles. The van der Waals surface area contributed by atoms with Crippen LogP contribution in [-0.4, -0.2) is 6.54 Å². The zero-order valence-electron chi connectivity index (χ0n) is 15.3. The summed E-state index contributed by atoms with van der Waals surface area (Å²) in [5.41, 5.74) is 13.2. The Bertz CT molecular complexity index is 632. The number of hydrogen-bond acceptors (Lipinski definition) is 1. The van der Waals surface area contributed by atoms with Crippen molar-refractivity contribution in [2.45, 2.75) is 58.8 Å². The van der Waals surface area contributed by atoms with Crippen molar-refractivity contribution < 1.29 is 0 Å². The van der Waals surface area contributed by atoms with Gasteiger partial charge in [0.05, 0.1) is 0 Å². The Morgan fingerprint density at radius 3 is 2.09 bits per heavy atom. The van der Waals surface area contributed by atoms with E-state index in [-0.39, 0.29) is 5.41 Å². The maximum absolute atomic E-state index is 6.14. The van der Waals surface area contributed by atoms with Gasteiger partial charge in [0, 0.05) is 5.92 Å². The summed E-state index contributed by atoms with van der Waals surface area (Å²) in [6.07, 6.45) is 2.10. The minimum Gasteiger partial charge on any atom is -0.330 e. The zero-order valence-corrected chi connectivity index (χ0v) is 15.3. The van der Waals surface area contributed by atoms with E-state index in [1.807, 2.05) is 0 Å². The van der Waals surface area contributed by atoms with Gasteiger partial charge in [0.15, 0.2) is 0 Å². The summed E-state index contributed by atoms with van der Waals surface area (Å²) in [7, 11) is 0. The van der Waals surface area contributed by atoms with Gasteiger partial charge in [-0.25, -0.2) is 0 Å². The first-order valence-corrected chi connectivity index (χ1v) is 8.74. The number of nitrogens with two attached hydrogens (primary N) is 1. The molecule has 0 saturated carbocycles. The van der Waals surface area contributed by atoms with Crippen LogP contribution in [0.5, 0.6) is 0 Å². The first-order chi connectivity index (χ1) is 10.8. The lowest BCUT2D eigenvalue weighted by Crippen LogP contribution is -2.18. The Morgan fingerprint density at radius 1 is 0.957 bits per heavy atom. The Morgan fingerprint density at radius 2 is 1.57 bits per heavy atom. The van der Waals surface area contributed by atoms with Crippen molar-refractivity contribution in [2.75, 3.05) is 6.54 Å². The fraction of sp³-hybridized carbons (Fsp3) is 0.455. The minimum absolute atomic E-state index is 0.171. The fourth-order valence-corrected chi connectivity index (χ4v) is 3.06. The average Bonchev–Trinajstić information content (AvgIpc) is 2.53. The molecule has 1 nitrogen and oxygen atoms in total. The highest BCUT2D eigenvalue weighted by atomic mass is 14.5. The Balaban J connectivity index is 2.29. The highest BCUT2D eigenvalue weighted by Crippen LogP contribution is 2.29. The second kappa shape index (κ2) is 7.31. The van der Waals surface area contributed by atoms with Crippen LogP contribution in [0.3, 0.4) is 0 Å². The topological polar surface area (TPSA) is 26.0 Å². The molecule has 0 spiro atoms. The molecular formula is C22H31N. The maximum Gasteiger partial charge on any atom is 0.000429 e. The number of aryl methyl sites for hydroxylation is 2. The molecule has 1 unspecified atom stereocenters. The van der Waals surface area contributed by atoms with E-state index < -0.39 is 0 Å². The van der Waals surface area contributed by atoms with Crippen LogP contribution in [0.25, 0.3) is 0 Å². The third-order valence-electron chi connectivity index (χ3n) is 4.78. The van der Waals surface area contributed by atoms with Gasteiger partial charge in [0.2, 0.25) is 0 Å². The third-order valence-corrected chi connectivity index (χ3v) is 4.78. The van der Waals surface area contributed by atoms with Crippen LogP contribution in [0.15, 0.2) is 42.5 Å². The summed E-state index contributed by atoms with van der Waals surface area (Å²) >= 11 is 0. The van der Waals surface area contributed by atoms with E-state index in [9.17, 15) is 0 Å². The van der Waals surface area contributed by atoms with Crippen LogP contribution in [0.4, 0.5) is 0 Å². The summed E-state index contributed by atoms with van der Waals surface area (Å²) < 4.78 is 0. The molecule has 0 fully saturated rings. The predicted octanol–water partition coefficient (Wildman–Crippen LogP) is 5.14. The standard InChI is InChI=1S/C22H31N/c1-6-17-8-10-18(11-9-17)13-19(15-23)21-14-20(22(3,4)5)12-7-16(21)2/h7-12,14,19H,6,13,15,23H2,1-5H3. The van der Waals surface area contributed by atoms with Crippen molar-refractivity contribution in [3.8, 4) is 0 Å². The number of rotatable bonds is 5. The predicted molar refractivity (Wildman–Crippen MR) is 101 cm³/mol. The molecule has 0 aliphatic heterocycles. The first-order valence-electron chi connectivity index (χ1n) is 8.74. The molecule has 0 amide bonds. The lowest BCUT2D eigenvalue weighted by Gasteiger charge is -2.24. The number of benzene rings is 2. The largest absolute Gasteiger partial charge is 0.330 e. The van der Waals surface area contributed by atoms with Crippen LogP contribution in [-0.2, 0) is 18.3 Å². The quantitative estimate of drug-likeness (QED) is 0.813. The molecule has 2 rings (SSSR count). The molecule has 0 heterocycles. The van der Waals surface area contributed by atoms with Crippen LogP contribution < -0.4 is 5.73 Å². The summed E-state index contributed by atoms with van der Waals surface area (Å²) in [4.78, 5) is 0. The van der Waals surface area contributed by atoms with Gasteiger partial charge >= 0.3 is 0 Å². The summed E-state index contributed by atoms with van der Waals surface area (Å²) in [6.45, 7) is 11.9. The van der Waals surface area contributed by atoms with Crippen molar-refractivity contribution in [1.82, 2.24) is 0 Å². The van der Waals surface area contributed by atoms with Crippen molar-refractivity contribution in [2.24, 2.45) is 5.73 Å². The minimum atomic E-state index is 0.171. The second-order valence-corrected chi connectivity index (χ2v) is 7.63. The van der Waals surface area contributed by atoms with Gasteiger partial charge < -0.3 is 5.73 Å². The summed E-state index contributed by atoms with van der Waals surface area (Å²) in [6, 6.07) is 15.9. The van der Waals surface area contributed by atoms with Gasteiger partial charge in [-0.3, -0.25) is 0 Å². The van der Waals surface area contributed by atoms with Gasteiger partial charge in [-0.15, -0.1) is 0 Å². The summed E-state index contributed by atoms with van der Waals surface area (Å²) in [5, 5.41) is 0. The Hall–Kier alpha value is -1.60. The summed E-state index contributed by atoms with van der Waals surface area (Å²) in [5.74, 6) is 0.379. The van der Waals surface area contributed by atoms with Crippen molar-refractivity contribution in [1.29, 1.82) is 0 Å². The molecule has 0 radical (unpaired) electrons. The SMILES string of the molecule is CCc1ccc(CC(CN)c2cc(C(C)(C)C)ccc2C)cc1. The smallest absolute Gasteiger partial charge is 0.000429 e. The third kappa shape index (κ3) is 4.45. The van der Waals surface area contributed by atoms with E-state index >= 15 is 0 Å². The first kappa shape index (κ1) is 17.7. The van der Waals surface area contributed by atoms with Gasteiger partial charge in [0.1, 0.15) is 0 Å². The fourth-order valence-electron chi connectivity index (χ4n) is 3.06. The molecule has 0 aliphatic carbocycles. The van der Waals surface area contributed by atoms with Crippen LogP contribution in [0.2, 0.25) is 0 Å². The van der Waals surface area contributed by atoms with E-state index in [4.69, 9.17) is 5.73 Å². The molecule has 0 aromatic heterocycles. The molecule has 0 bridgehead atoms. The van der Waals surface area contributed by atoms with Crippen LogP contribution in [0.1, 0.15) is 61.4 Å². The molecule has 124 valence electrons. The molecule has 23 heavy (non-hydrogen) atoms. The van der Waals surface area contributed by atoms with E-state index in [0.29, 0.717) is 12.5 Å². The van der Waals surface area contributed by atoms with Crippen LogP contribution in [0, 0.1) is 6.92 Å². The van der Waals surface area contributed by atoms with Gasteiger partial charge in [-0.2, -0.15) is 0 Å². The molecule has 1 heteroatoms. The highest BCUT2D eigenvalue weighted by Gasteiger charge is 2.18. The Labute approximate surface area is 141 Å². The van der Waals surface area contributed by atoms with Crippen molar-refractivity contribution in [3.63, 3.8) is 0 Å². The molecule has 1 atom stereocenters. The zero-order chi connectivity index (χ0) is 17.0. The van der Waals surface area contributed by atoms with Gasteiger partial charge in [-0.05, 0) is 59.5 Å². The van der Waals surface area contributed by atoms with E-state index in [0.717, 1.165) is 12.8 Å². The van der Waals surface area contributed by atoms with Crippen LogP contribution >= 0.6 is 0 Å². The molecule has 0 saturated heterocycles. The highest BCUT2D eigenvalue weighted by molar-refractivity contribution is 5.38. The van der Waals surface area contributed by atoms with Gasteiger partial charge in [-0.1, -0.05) is 70.2 Å². The monoisotopic (exact) mass is 309 g/mol. The molecular weight excluding hydrogens is 278 g/mol. The van der Waals surface area contributed by atoms with Crippen molar-refractivity contribution >= 4 is 0 Å². The van der Waals surface area contributed by atoms with E-state index in [1.165, 1.54) is 27.8 Å². The Kier molecular flexibility index (Phi) is 5.64. The van der Waals surface area contributed by atoms with Gasteiger partial charge in [0.25, 0.3) is 0 Å². The van der Waals surface area contributed by atoms with E-state index in [2.05, 4.69) is 77.1 Å². The second-order valence-electron chi connectivity index (χ2n) is 7.63. The molecule has 0 aliphatic rings. The lowest BCUT2D eigenvalue weighted by atomic mass is 9.81. The normalized spacial score (nSPS) is 13.1. The molecule has 2 aromatic rings. The maximum atomic E-state index is 6.14. The average molecular weight is 309 g/mol. The molecule has 2 N–H and O–H groups in total. The van der Waals surface area contributed by atoms with E-state index in [1.54, 1.807) is 0 Å². The number of hydrogen-bond donors (Lipinski definition) is 1. The lowest BCUT2D eigenvalue weighted by molar-refractivity contribution is 0.586.